The number of furan rings is 1. The average molecular weight is 231 g/mol. The van der Waals surface area contributed by atoms with Crippen LogP contribution in [0.1, 0.15) is 30.7 Å². The second kappa shape index (κ2) is 4.92. The molecule has 1 N–H and O–H groups in total. The van der Waals surface area contributed by atoms with Crippen molar-refractivity contribution < 1.29 is 4.42 Å². The Labute approximate surface area is 103 Å². The Hall–Kier alpha value is -1.28. The van der Waals surface area contributed by atoms with E-state index in [4.69, 9.17) is 4.42 Å². The minimum absolute atomic E-state index is 0.668. The van der Waals surface area contributed by atoms with Gasteiger partial charge in [0.05, 0.1) is 6.54 Å². The van der Waals surface area contributed by atoms with Gasteiger partial charge in [-0.3, -0.25) is 0 Å². The molecule has 0 unspecified atom stereocenters. The highest BCUT2D eigenvalue weighted by Gasteiger charge is 2.11. The van der Waals surface area contributed by atoms with Gasteiger partial charge in [-0.2, -0.15) is 0 Å². The van der Waals surface area contributed by atoms with Gasteiger partial charge in [0, 0.05) is 5.39 Å². The van der Waals surface area contributed by atoms with Crippen molar-refractivity contribution in [3.63, 3.8) is 0 Å². The number of para-hydroxylation sites is 1. The molecule has 0 saturated heterocycles. The quantitative estimate of drug-likeness (QED) is 0.866. The number of nitrogens with one attached hydrogen (secondary N) is 1. The van der Waals surface area contributed by atoms with Crippen LogP contribution < -0.4 is 5.32 Å². The molecule has 0 fully saturated rings. The highest BCUT2D eigenvalue weighted by atomic mass is 16.3. The monoisotopic (exact) mass is 231 g/mol. The van der Waals surface area contributed by atoms with E-state index in [1.54, 1.807) is 0 Å². The van der Waals surface area contributed by atoms with E-state index < -0.39 is 0 Å². The number of aryl methyl sites for hydroxylation is 2. The van der Waals surface area contributed by atoms with Gasteiger partial charge in [-0.05, 0) is 37.4 Å². The van der Waals surface area contributed by atoms with E-state index in [2.05, 4.69) is 51.2 Å². The lowest BCUT2D eigenvalue weighted by molar-refractivity contribution is 0.482. The van der Waals surface area contributed by atoms with Gasteiger partial charge in [0.1, 0.15) is 11.3 Å². The third kappa shape index (κ3) is 2.52. The van der Waals surface area contributed by atoms with Crippen molar-refractivity contribution >= 4 is 11.0 Å². The minimum Gasteiger partial charge on any atom is -0.459 e. The summed E-state index contributed by atoms with van der Waals surface area (Å²) in [4.78, 5) is 0. The lowest BCUT2D eigenvalue weighted by Crippen LogP contribution is -2.18. The first-order valence-electron chi connectivity index (χ1n) is 6.28. The van der Waals surface area contributed by atoms with Crippen LogP contribution >= 0.6 is 0 Å². The summed E-state index contributed by atoms with van der Waals surface area (Å²) in [6, 6.07) is 6.31. The third-order valence-electron chi connectivity index (χ3n) is 3.10. The van der Waals surface area contributed by atoms with Crippen LogP contribution in [0.3, 0.4) is 0 Å². The van der Waals surface area contributed by atoms with Crippen molar-refractivity contribution in [2.45, 2.75) is 34.2 Å². The lowest BCUT2D eigenvalue weighted by Gasteiger charge is -2.05. The van der Waals surface area contributed by atoms with Gasteiger partial charge >= 0.3 is 0 Å². The second-order valence-electron chi connectivity index (χ2n) is 5.13. The summed E-state index contributed by atoms with van der Waals surface area (Å²) in [7, 11) is 0. The zero-order chi connectivity index (χ0) is 12.4. The van der Waals surface area contributed by atoms with E-state index in [1.165, 1.54) is 16.5 Å². The van der Waals surface area contributed by atoms with Crippen LogP contribution in [0.5, 0.6) is 0 Å². The molecule has 2 heteroatoms. The molecule has 0 spiro atoms. The maximum absolute atomic E-state index is 5.95. The Kier molecular flexibility index (Phi) is 3.53. The molecule has 2 rings (SSSR count). The van der Waals surface area contributed by atoms with Crippen molar-refractivity contribution in [2.24, 2.45) is 5.92 Å². The molecule has 0 radical (unpaired) electrons. The van der Waals surface area contributed by atoms with E-state index in [9.17, 15) is 0 Å². The molecule has 0 aliphatic heterocycles. The molecule has 0 saturated carbocycles. The normalized spacial score (nSPS) is 11.6. The van der Waals surface area contributed by atoms with Crippen molar-refractivity contribution in [3.8, 4) is 0 Å². The first-order chi connectivity index (χ1) is 8.09. The Morgan fingerprint density at radius 2 is 2.00 bits per heavy atom. The molecule has 2 aromatic rings. The predicted octanol–water partition coefficient (Wildman–Crippen LogP) is 3.80. The maximum atomic E-state index is 5.95. The van der Waals surface area contributed by atoms with Crippen LogP contribution in [0, 0.1) is 19.8 Å². The number of benzene rings is 1. The Morgan fingerprint density at radius 1 is 1.24 bits per heavy atom. The molecule has 1 heterocycles. The molecular weight excluding hydrogens is 210 g/mol. The van der Waals surface area contributed by atoms with Crippen molar-refractivity contribution in [2.75, 3.05) is 6.54 Å². The summed E-state index contributed by atoms with van der Waals surface area (Å²) >= 11 is 0. The standard InChI is InChI=1S/C15H21NO/c1-10(2)8-16-9-14-12(4)13-7-5-6-11(3)15(13)17-14/h5-7,10,16H,8-9H2,1-4H3. The molecule has 1 aromatic heterocycles. The number of hydrogen-bond donors (Lipinski definition) is 1. The highest BCUT2D eigenvalue weighted by molar-refractivity contribution is 5.84. The number of fused-ring (bicyclic) bond motifs is 1. The van der Waals surface area contributed by atoms with Gasteiger partial charge in [-0.25, -0.2) is 0 Å². The number of hydrogen-bond acceptors (Lipinski definition) is 2. The Bertz CT molecular complexity index is 511. The molecule has 92 valence electrons. The first kappa shape index (κ1) is 12.2. The molecule has 0 aliphatic rings. The second-order valence-corrected chi connectivity index (χ2v) is 5.13. The van der Waals surface area contributed by atoms with Crippen LogP contribution in [0.25, 0.3) is 11.0 Å². The summed E-state index contributed by atoms with van der Waals surface area (Å²) < 4.78 is 5.95. The van der Waals surface area contributed by atoms with E-state index in [-0.39, 0.29) is 0 Å². The molecule has 17 heavy (non-hydrogen) atoms. The Morgan fingerprint density at radius 3 is 2.65 bits per heavy atom. The first-order valence-corrected chi connectivity index (χ1v) is 6.28. The Balaban J connectivity index is 2.23. The van der Waals surface area contributed by atoms with Crippen LogP contribution in [0.4, 0.5) is 0 Å². The molecule has 0 atom stereocenters. The zero-order valence-corrected chi connectivity index (χ0v) is 11.1. The summed E-state index contributed by atoms with van der Waals surface area (Å²) in [6.45, 7) is 10.5. The van der Waals surface area contributed by atoms with Crippen LogP contribution in [0.15, 0.2) is 22.6 Å². The van der Waals surface area contributed by atoms with Gasteiger partial charge < -0.3 is 9.73 Å². The lowest BCUT2D eigenvalue weighted by atomic mass is 10.1. The topological polar surface area (TPSA) is 25.2 Å². The fraction of sp³-hybridized carbons (Fsp3) is 0.467. The van der Waals surface area contributed by atoms with Gasteiger partial charge in [0.15, 0.2) is 0 Å². The summed E-state index contributed by atoms with van der Waals surface area (Å²) in [6.07, 6.45) is 0. The minimum atomic E-state index is 0.668. The molecule has 0 amide bonds. The van der Waals surface area contributed by atoms with E-state index in [0.29, 0.717) is 5.92 Å². The molecule has 1 aromatic carbocycles. The third-order valence-corrected chi connectivity index (χ3v) is 3.10. The highest BCUT2D eigenvalue weighted by Crippen LogP contribution is 2.27. The fourth-order valence-electron chi connectivity index (χ4n) is 2.08. The van der Waals surface area contributed by atoms with Gasteiger partial charge in [-0.15, -0.1) is 0 Å². The van der Waals surface area contributed by atoms with E-state index in [0.717, 1.165) is 24.4 Å². The predicted molar refractivity (Wildman–Crippen MR) is 72.2 cm³/mol. The van der Waals surface area contributed by atoms with Gasteiger partial charge in [0.2, 0.25) is 0 Å². The number of rotatable bonds is 4. The van der Waals surface area contributed by atoms with Crippen molar-refractivity contribution in [1.29, 1.82) is 0 Å². The summed E-state index contributed by atoms with van der Waals surface area (Å²) in [5, 5.41) is 4.67. The van der Waals surface area contributed by atoms with Crippen LogP contribution in [-0.4, -0.2) is 6.54 Å². The fourth-order valence-corrected chi connectivity index (χ4v) is 2.08. The van der Waals surface area contributed by atoms with E-state index >= 15 is 0 Å². The van der Waals surface area contributed by atoms with Gasteiger partial charge in [-0.1, -0.05) is 32.0 Å². The largest absolute Gasteiger partial charge is 0.459 e. The van der Waals surface area contributed by atoms with Crippen molar-refractivity contribution in [3.05, 3.63) is 35.1 Å². The van der Waals surface area contributed by atoms with Crippen molar-refractivity contribution in [1.82, 2.24) is 5.32 Å². The molecular formula is C15H21NO. The summed E-state index contributed by atoms with van der Waals surface area (Å²) in [5.41, 5.74) is 3.51. The average Bonchev–Trinajstić information content (AvgIpc) is 2.58. The SMILES string of the molecule is Cc1c(CNCC(C)C)oc2c(C)cccc12. The summed E-state index contributed by atoms with van der Waals surface area (Å²) in [5.74, 6) is 1.73. The van der Waals surface area contributed by atoms with Crippen LogP contribution in [-0.2, 0) is 6.54 Å². The van der Waals surface area contributed by atoms with E-state index in [1.807, 2.05) is 0 Å². The zero-order valence-electron chi connectivity index (χ0n) is 11.1. The maximum Gasteiger partial charge on any atom is 0.137 e. The molecule has 2 nitrogen and oxygen atoms in total. The molecule has 0 aliphatic carbocycles. The van der Waals surface area contributed by atoms with Crippen LogP contribution in [0.2, 0.25) is 0 Å². The smallest absolute Gasteiger partial charge is 0.137 e. The van der Waals surface area contributed by atoms with Gasteiger partial charge in [0.25, 0.3) is 0 Å². The molecule has 0 bridgehead atoms.